The van der Waals surface area contributed by atoms with E-state index < -0.39 is 0 Å². The number of hydrogen-bond donors (Lipinski definition) is 1. The molecule has 1 fully saturated rings. The Hall–Kier alpha value is -0.540. The van der Waals surface area contributed by atoms with E-state index >= 15 is 0 Å². The number of hydrogen-bond acceptors (Lipinski definition) is 2. The third-order valence-electron chi connectivity index (χ3n) is 3.12. The van der Waals surface area contributed by atoms with Gasteiger partial charge in [0.1, 0.15) is 0 Å². The average Bonchev–Trinajstić information content (AvgIpc) is 2.21. The molecule has 0 spiro atoms. The van der Waals surface area contributed by atoms with E-state index in [1.807, 2.05) is 0 Å². The van der Waals surface area contributed by atoms with E-state index in [2.05, 4.69) is 53.3 Å². The molecule has 1 saturated carbocycles. The van der Waals surface area contributed by atoms with Gasteiger partial charge in [-0.3, -0.25) is 0 Å². The fourth-order valence-electron chi connectivity index (χ4n) is 2.04. The Kier molecular flexibility index (Phi) is 3.87. The van der Waals surface area contributed by atoms with E-state index in [4.69, 9.17) is 4.74 Å². The maximum atomic E-state index is 5.55. The topological polar surface area (TPSA) is 21.3 Å². The Morgan fingerprint density at radius 3 is 2.88 bits per heavy atom. The highest BCUT2D eigenvalue weighted by atomic mass is 79.9. The van der Waals surface area contributed by atoms with Crippen LogP contribution in [0.3, 0.4) is 0 Å². The summed E-state index contributed by atoms with van der Waals surface area (Å²) < 4.78 is 6.72. The van der Waals surface area contributed by atoms with Crippen molar-refractivity contribution in [3.63, 3.8) is 0 Å². The lowest BCUT2D eigenvalue weighted by Crippen LogP contribution is -2.40. The summed E-state index contributed by atoms with van der Waals surface area (Å²) in [7, 11) is 0. The Morgan fingerprint density at radius 2 is 2.19 bits per heavy atom. The first-order valence-corrected chi connectivity index (χ1v) is 6.63. The lowest BCUT2D eigenvalue weighted by atomic mass is 9.89. The van der Waals surface area contributed by atoms with Crippen LogP contribution in [-0.2, 0) is 4.74 Å². The highest BCUT2D eigenvalue weighted by molar-refractivity contribution is 9.10. The van der Waals surface area contributed by atoms with E-state index in [0.29, 0.717) is 12.1 Å². The zero-order valence-electron chi connectivity index (χ0n) is 9.79. The number of ether oxygens (including phenoxy) is 1. The van der Waals surface area contributed by atoms with Crippen molar-refractivity contribution >= 4 is 21.6 Å². The van der Waals surface area contributed by atoms with Crippen molar-refractivity contribution < 1.29 is 4.74 Å². The summed E-state index contributed by atoms with van der Waals surface area (Å²) >= 11 is 3.55. The Bertz CT molecular complexity index is 361. The lowest BCUT2D eigenvalue weighted by Gasteiger charge is -2.36. The second kappa shape index (κ2) is 5.19. The normalized spacial score (nSPS) is 23.9. The second-order valence-electron chi connectivity index (χ2n) is 4.30. The van der Waals surface area contributed by atoms with E-state index in [-0.39, 0.29) is 0 Å². The molecule has 1 aromatic rings. The molecule has 1 aliphatic carbocycles. The summed E-state index contributed by atoms with van der Waals surface area (Å²) in [6.45, 7) is 5.01. The minimum absolute atomic E-state index is 0.468. The fraction of sp³-hybridized carbons (Fsp3) is 0.538. The van der Waals surface area contributed by atoms with Crippen molar-refractivity contribution in [2.45, 2.75) is 38.8 Å². The van der Waals surface area contributed by atoms with Crippen LogP contribution < -0.4 is 5.32 Å². The Labute approximate surface area is 106 Å². The molecule has 0 unspecified atom stereocenters. The van der Waals surface area contributed by atoms with Crippen LogP contribution in [0, 0.1) is 6.92 Å². The van der Waals surface area contributed by atoms with Crippen LogP contribution in [0.5, 0.6) is 0 Å². The van der Waals surface area contributed by atoms with E-state index in [1.54, 1.807) is 0 Å². The molecular weight excluding hydrogens is 266 g/mol. The predicted octanol–water partition coefficient (Wildman–Crippen LogP) is 3.74. The molecule has 0 radical (unpaired) electrons. The molecule has 3 heteroatoms. The van der Waals surface area contributed by atoms with E-state index in [1.165, 1.54) is 11.3 Å². The molecule has 16 heavy (non-hydrogen) atoms. The molecule has 0 saturated heterocycles. The molecule has 0 amide bonds. The van der Waals surface area contributed by atoms with Gasteiger partial charge >= 0.3 is 0 Å². The highest BCUT2D eigenvalue weighted by Crippen LogP contribution is 2.30. The first kappa shape index (κ1) is 11.9. The van der Waals surface area contributed by atoms with Crippen LogP contribution in [0.1, 0.15) is 25.3 Å². The molecule has 1 N–H and O–H groups in total. The minimum atomic E-state index is 0.468. The molecular formula is C13H18BrNO. The fourth-order valence-corrected chi connectivity index (χ4v) is 2.41. The van der Waals surface area contributed by atoms with Gasteiger partial charge in [0, 0.05) is 22.8 Å². The van der Waals surface area contributed by atoms with E-state index in [9.17, 15) is 0 Å². The largest absolute Gasteiger partial charge is 0.382 e. The van der Waals surface area contributed by atoms with Gasteiger partial charge in [-0.25, -0.2) is 0 Å². The van der Waals surface area contributed by atoms with Gasteiger partial charge in [-0.15, -0.1) is 0 Å². The summed E-state index contributed by atoms with van der Waals surface area (Å²) in [6, 6.07) is 6.85. The minimum Gasteiger partial charge on any atom is -0.382 e. The van der Waals surface area contributed by atoms with Crippen LogP contribution >= 0.6 is 15.9 Å². The quantitative estimate of drug-likeness (QED) is 0.909. The molecule has 0 heterocycles. The number of benzene rings is 1. The molecule has 0 bridgehead atoms. The van der Waals surface area contributed by atoms with Gasteiger partial charge in [0.15, 0.2) is 0 Å². The third kappa shape index (κ3) is 2.58. The molecule has 2 rings (SSSR count). The molecule has 1 aliphatic rings. The Balaban J connectivity index is 1.89. The summed E-state index contributed by atoms with van der Waals surface area (Å²) in [5, 5.41) is 3.57. The molecule has 1 aromatic carbocycles. The zero-order valence-corrected chi connectivity index (χ0v) is 11.4. The van der Waals surface area contributed by atoms with Gasteiger partial charge in [-0.2, -0.15) is 0 Å². The molecule has 0 aromatic heterocycles. The monoisotopic (exact) mass is 283 g/mol. The number of nitrogens with one attached hydrogen (secondary N) is 1. The number of anilines is 1. The van der Waals surface area contributed by atoms with Crippen molar-refractivity contribution in [2.75, 3.05) is 11.9 Å². The summed E-state index contributed by atoms with van der Waals surface area (Å²) in [6.07, 6.45) is 2.72. The maximum Gasteiger partial charge on any atom is 0.0614 e. The zero-order chi connectivity index (χ0) is 11.5. The van der Waals surface area contributed by atoms with Crippen molar-refractivity contribution in [1.29, 1.82) is 0 Å². The third-order valence-corrected chi connectivity index (χ3v) is 3.98. The lowest BCUT2D eigenvalue weighted by molar-refractivity contribution is 0.00298. The predicted molar refractivity (Wildman–Crippen MR) is 70.9 cm³/mol. The van der Waals surface area contributed by atoms with Gasteiger partial charge < -0.3 is 10.1 Å². The van der Waals surface area contributed by atoms with Crippen molar-refractivity contribution in [1.82, 2.24) is 0 Å². The average molecular weight is 284 g/mol. The van der Waals surface area contributed by atoms with Crippen molar-refractivity contribution in [3.05, 3.63) is 28.2 Å². The maximum absolute atomic E-state index is 5.55. The van der Waals surface area contributed by atoms with Crippen LogP contribution in [-0.4, -0.2) is 18.8 Å². The van der Waals surface area contributed by atoms with Crippen molar-refractivity contribution in [3.8, 4) is 0 Å². The highest BCUT2D eigenvalue weighted by Gasteiger charge is 2.29. The second-order valence-corrected chi connectivity index (χ2v) is 5.16. The Morgan fingerprint density at radius 1 is 1.44 bits per heavy atom. The van der Waals surface area contributed by atoms with Gasteiger partial charge in [0.05, 0.1) is 6.10 Å². The first-order chi connectivity index (χ1) is 7.70. The molecule has 0 aliphatic heterocycles. The van der Waals surface area contributed by atoms with E-state index in [0.717, 1.165) is 23.9 Å². The summed E-state index contributed by atoms with van der Waals surface area (Å²) in [5.41, 5.74) is 2.51. The van der Waals surface area contributed by atoms with Crippen LogP contribution in [0.2, 0.25) is 0 Å². The summed E-state index contributed by atoms with van der Waals surface area (Å²) in [5.74, 6) is 0. The number of rotatable bonds is 4. The van der Waals surface area contributed by atoms with Crippen LogP contribution in [0.25, 0.3) is 0 Å². The standard InChI is InChI=1S/C13H18BrNO/c1-3-16-11-7-10(8-11)15-13-6-4-5-12(14)9(13)2/h4-6,10-11,15H,3,7-8H2,1-2H3. The van der Waals surface area contributed by atoms with Gasteiger partial charge in [0.2, 0.25) is 0 Å². The molecule has 88 valence electrons. The van der Waals surface area contributed by atoms with Crippen molar-refractivity contribution in [2.24, 2.45) is 0 Å². The van der Waals surface area contributed by atoms with Gasteiger partial charge in [0.25, 0.3) is 0 Å². The smallest absolute Gasteiger partial charge is 0.0614 e. The SMILES string of the molecule is CCOC1CC(Nc2cccc(Br)c2C)C1. The van der Waals surface area contributed by atoms with Crippen LogP contribution in [0.4, 0.5) is 5.69 Å². The van der Waals surface area contributed by atoms with Crippen LogP contribution in [0.15, 0.2) is 22.7 Å². The summed E-state index contributed by atoms with van der Waals surface area (Å²) in [4.78, 5) is 0. The van der Waals surface area contributed by atoms with Gasteiger partial charge in [-0.05, 0) is 44.4 Å². The first-order valence-electron chi connectivity index (χ1n) is 5.84. The number of halogens is 1. The molecule has 0 atom stereocenters. The van der Waals surface area contributed by atoms with Gasteiger partial charge in [-0.1, -0.05) is 22.0 Å². The molecule has 2 nitrogen and oxygen atoms in total.